The van der Waals surface area contributed by atoms with E-state index < -0.39 is 0 Å². The van der Waals surface area contributed by atoms with Crippen LogP contribution in [0.4, 0.5) is 0 Å². The molecule has 0 atom stereocenters. The minimum atomic E-state index is -0.183. The molecular formula is C6H15N3O+2. The van der Waals surface area contributed by atoms with Gasteiger partial charge in [0.2, 0.25) is 0 Å². The minimum Gasteiger partial charge on any atom is -0.365 e. The molecule has 4 nitrogen and oxygen atoms in total. The normalized spacial score (nSPS) is 20.8. The first-order valence-electron chi connectivity index (χ1n) is 3.72. The van der Waals surface area contributed by atoms with Gasteiger partial charge in [-0.1, -0.05) is 0 Å². The van der Waals surface area contributed by atoms with Gasteiger partial charge in [-0.05, 0) is 0 Å². The number of amides is 1. The molecule has 10 heavy (non-hydrogen) atoms. The van der Waals surface area contributed by atoms with E-state index in [-0.39, 0.29) is 5.91 Å². The first-order valence-corrected chi connectivity index (χ1v) is 3.72. The van der Waals surface area contributed by atoms with Crippen molar-refractivity contribution in [3.05, 3.63) is 0 Å². The molecule has 0 saturated carbocycles. The zero-order valence-electron chi connectivity index (χ0n) is 6.10. The number of hydrogen-bond acceptors (Lipinski definition) is 1. The van der Waals surface area contributed by atoms with Crippen LogP contribution >= 0.6 is 0 Å². The van der Waals surface area contributed by atoms with E-state index >= 15 is 0 Å². The molecule has 0 aromatic rings. The third kappa shape index (κ3) is 2.33. The number of hydrogen-bond donors (Lipinski definition) is 3. The van der Waals surface area contributed by atoms with Crippen molar-refractivity contribution >= 4 is 5.91 Å². The molecule has 5 N–H and O–H groups in total. The second-order valence-electron chi connectivity index (χ2n) is 2.76. The molecule has 4 heteroatoms. The fraction of sp³-hybridized carbons (Fsp3) is 0.833. The summed E-state index contributed by atoms with van der Waals surface area (Å²) in [7, 11) is 0. The van der Waals surface area contributed by atoms with E-state index in [0.29, 0.717) is 6.54 Å². The Balaban J connectivity index is 2.19. The van der Waals surface area contributed by atoms with Crippen LogP contribution < -0.4 is 16.0 Å². The second-order valence-corrected chi connectivity index (χ2v) is 2.76. The number of quaternary nitrogens is 2. The molecule has 1 saturated heterocycles. The molecule has 0 radical (unpaired) electrons. The van der Waals surface area contributed by atoms with Crippen molar-refractivity contribution < 1.29 is 15.0 Å². The largest absolute Gasteiger partial charge is 0.365 e. The summed E-state index contributed by atoms with van der Waals surface area (Å²) in [6, 6.07) is 0. The predicted octanol–water partition coefficient (Wildman–Crippen LogP) is -4.07. The van der Waals surface area contributed by atoms with Crippen LogP contribution in [-0.4, -0.2) is 38.6 Å². The molecule has 0 aromatic heterocycles. The average molecular weight is 145 g/mol. The number of nitrogens with one attached hydrogen (secondary N) is 1. The Bertz CT molecular complexity index is 120. The fourth-order valence-corrected chi connectivity index (χ4v) is 1.30. The van der Waals surface area contributed by atoms with Crippen LogP contribution in [0.15, 0.2) is 0 Å². The van der Waals surface area contributed by atoms with Gasteiger partial charge in [-0.3, -0.25) is 4.79 Å². The molecule has 0 aromatic carbocycles. The van der Waals surface area contributed by atoms with Gasteiger partial charge in [0.1, 0.15) is 26.2 Å². The summed E-state index contributed by atoms with van der Waals surface area (Å²) in [5, 5.41) is 2.27. The predicted molar refractivity (Wildman–Crippen MR) is 36.4 cm³/mol. The maximum atomic E-state index is 10.5. The third-order valence-electron chi connectivity index (χ3n) is 1.83. The van der Waals surface area contributed by atoms with Crippen LogP contribution in [0.2, 0.25) is 0 Å². The Morgan fingerprint density at radius 3 is 2.60 bits per heavy atom. The Morgan fingerprint density at radius 2 is 2.10 bits per heavy atom. The molecule has 1 rings (SSSR count). The minimum absolute atomic E-state index is 0.183. The Morgan fingerprint density at radius 1 is 1.50 bits per heavy atom. The smallest absolute Gasteiger partial charge is 0.272 e. The highest BCUT2D eigenvalue weighted by Crippen LogP contribution is 1.54. The maximum absolute atomic E-state index is 10.5. The van der Waals surface area contributed by atoms with Crippen molar-refractivity contribution in [3.8, 4) is 0 Å². The zero-order chi connectivity index (χ0) is 7.40. The van der Waals surface area contributed by atoms with E-state index in [1.54, 1.807) is 0 Å². The molecule has 1 aliphatic heterocycles. The lowest BCUT2D eigenvalue weighted by Gasteiger charge is -2.20. The molecule has 1 fully saturated rings. The number of carbonyl (C=O) groups is 1. The molecule has 0 aliphatic carbocycles. The summed E-state index contributed by atoms with van der Waals surface area (Å²) in [6.07, 6.45) is 0. The van der Waals surface area contributed by atoms with Gasteiger partial charge in [-0.2, -0.15) is 0 Å². The van der Waals surface area contributed by atoms with Crippen molar-refractivity contribution in [2.45, 2.75) is 0 Å². The SMILES string of the molecule is NC(=O)C[NH+]1CC[NH2+]CC1. The number of nitrogens with two attached hydrogens (primary N) is 2. The van der Waals surface area contributed by atoms with Gasteiger partial charge < -0.3 is 16.0 Å². The van der Waals surface area contributed by atoms with Gasteiger partial charge in [0.05, 0.1) is 0 Å². The lowest BCUT2D eigenvalue weighted by atomic mass is 10.3. The Kier molecular flexibility index (Phi) is 2.65. The molecule has 1 amide bonds. The molecular weight excluding hydrogens is 130 g/mol. The lowest BCUT2D eigenvalue weighted by molar-refractivity contribution is -0.940. The van der Waals surface area contributed by atoms with Crippen LogP contribution in [0, 0.1) is 0 Å². The summed E-state index contributed by atoms with van der Waals surface area (Å²) in [5.74, 6) is -0.183. The summed E-state index contributed by atoms with van der Waals surface area (Å²) >= 11 is 0. The van der Waals surface area contributed by atoms with Crippen molar-refractivity contribution in [2.24, 2.45) is 5.73 Å². The van der Waals surface area contributed by atoms with Crippen LogP contribution in [0.5, 0.6) is 0 Å². The van der Waals surface area contributed by atoms with E-state index in [4.69, 9.17) is 5.73 Å². The standard InChI is InChI=1S/C6H13N3O/c7-6(10)5-9-3-1-8-2-4-9/h8H,1-5H2,(H2,7,10)/p+2. The highest BCUT2D eigenvalue weighted by atomic mass is 16.1. The summed E-state index contributed by atoms with van der Waals surface area (Å²) in [6.45, 7) is 4.91. The van der Waals surface area contributed by atoms with Gasteiger partial charge in [-0.25, -0.2) is 0 Å². The van der Waals surface area contributed by atoms with Gasteiger partial charge >= 0.3 is 0 Å². The van der Waals surface area contributed by atoms with E-state index in [1.807, 2.05) is 0 Å². The zero-order valence-corrected chi connectivity index (χ0v) is 6.10. The first kappa shape index (κ1) is 7.50. The number of carbonyl (C=O) groups excluding carboxylic acids is 1. The van der Waals surface area contributed by atoms with Crippen LogP contribution in [0.3, 0.4) is 0 Å². The van der Waals surface area contributed by atoms with Gasteiger partial charge in [0, 0.05) is 0 Å². The number of rotatable bonds is 2. The Hall–Kier alpha value is -0.610. The van der Waals surface area contributed by atoms with E-state index in [1.165, 1.54) is 4.90 Å². The fourth-order valence-electron chi connectivity index (χ4n) is 1.30. The summed E-state index contributed by atoms with van der Waals surface area (Å²) in [4.78, 5) is 11.8. The summed E-state index contributed by atoms with van der Waals surface area (Å²) < 4.78 is 0. The molecule has 1 heterocycles. The second kappa shape index (κ2) is 3.53. The quantitative estimate of drug-likeness (QED) is 0.364. The van der Waals surface area contributed by atoms with Crippen molar-refractivity contribution in [1.82, 2.24) is 0 Å². The van der Waals surface area contributed by atoms with Crippen LogP contribution in [0.1, 0.15) is 0 Å². The number of primary amides is 1. The highest BCUT2D eigenvalue weighted by Gasteiger charge is 2.16. The molecule has 58 valence electrons. The van der Waals surface area contributed by atoms with Crippen LogP contribution in [0.25, 0.3) is 0 Å². The van der Waals surface area contributed by atoms with Crippen molar-refractivity contribution in [1.29, 1.82) is 0 Å². The average Bonchev–Trinajstić information content (AvgIpc) is 1.88. The molecule has 0 unspecified atom stereocenters. The van der Waals surface area contributed by atoms with Gasteiger partial charge in [-0.15, -0.1) is 0 Å². The van der Waals surface area contributed by atoms with E-state index in [0.717, 1.165) is 26.2 Å². The van der Waals surface area contributed by atoms with Crippen molar-refractivity contribution in [2.75, 3.05) is 32.7 Å². The van der Waals surface area contributed by atoms with Crippen LogP contribution in [-0.2, 0) is 4.79 Å². The monoisotopic (exact) mass is 145 g/mol. The number of piperazine rings is 1. The Labute approximate surface area is 60.4 Å². The van der Waals surface area contributed by atoms with E-state index in [2.05, 4.69) is 5.32 Å². The van der Waals surface area contributed by atoms with E-state index in [9.17, 15) is 4.79 Å². The first-order chi connectivity index (χ1) is 4.79. The highest BCUT2D eigenvalue weighted by molar-refractivity contribution is 5.74. The molecule has 0 spiro atoms. The molecule has 1 aliphatic rings. The van der Waals surface area contributed by atoms with Gasteiger partial charge in [0.25, 0.3) is 5.91 Å². The molecule has 0 bridgehead atoms. The van der Waals surface area contributed by atoms with Crippen molar-refractivity contribution in [3.63, 3.8) is 0 Å². The topological polar surface area (TPSA) is 64.1 Å². The van der Waals surface area contributed by atoms with Gasteiger partial charge in [0.15, 0.2) is 6.54 Å². The summed E-state index contributed by atoms with van der Waals surface area (Å²) in [5.41, 5.74) is 5.05. The lowest BCUT2D eigenvalue weighted by Crippen LogP contribution is -3.21. The maximum Gasteiger partial charge on any atom is 0.272 e. The third-order valence-corrected chi connectivity index (χ3v) is 1.83.